The lowest BCUT2D eigenvalue weighted by molar-refractivity contribution is 0.114. The van der Waals surface area contributed by atoms with Gasteiger partial charge in [0.15, 0.2) is 0 Å². The normalized spacial score (nSPS) is 16.7. The van der Waals surface area contributed by atoms with Gasteiger partial charge in [-0.3, -0.25) is 10.1 Å². The van der Waals surface area contributed by atoms with Crippen molar-refractivity contribution in [3.63, 3.8) is 0 Å². The summed E-state index contributed by atoms with van der Waals surface area (Å²) in [5.74, 6) is -0.0427. The number of ether oxygens (including phenoxy) is 1. The molecule has 114 valence electrons. The average Bonchev–Trinajstić information content (AvgIpc) is 3.09. The van der Waals surface area contributed by atoms with Crippen molar-refractivity contribution in [2.75, 3.05) is 19.0 Å². The molecule has 7 nitrogen and oxygen atoms in total. The first-order valence-corrected chi connectivity index (χ1v) is 6.94. The van der Waals surface area contributed by atoms with E-state index < -0.39 is 5.56 Å². The minimum Gasteiger partial charge on any atom is -0.384 e. The summed E-state index contributed by atoms with van der Waals surface area (Å²) in [4.78, 5) is 14.2. The van der Waals surface area contributed by atoms with Crippen molar-refractivity contribution in [1.82, 2.24) is 10.3 Å². The molecule has 1 fully saturated rings. The third-order valence-electron chi connectivity index (χ3n) is 3.76. The Labute approximate surface area is 131 Å². The predicted molar refractivity (Wildman–Crippen MR) is 83.0 cm³/mol. The number of aromatic nitrogens is 1. The fourth-order valence-electron chi connectivity index (χ4n) is 2.62. The number of hydrogen-bond donors (Lipinski definition) is 3. The number of rotatable bonds is 2. The predicted octanol–water partition coefficient (Wildman–Crippen LogP) is 0.986. The number of nitrogen functional groups attached to an aromatic ring is 1. The molecule has 0 amide bonds. The second-order valence-electron chi connectivity index (χ2n) is 5.09. The van der Waals surface area contributed by atoms with Gasteiger partial charge in [-0.25, -0.2) is 0 Å². The smallest absolute Gasteiger partial charge is 0.268 e. The van der Waals surface area contributed by atoms with E-state index in [9.17, 15) is 15.3 Å². The highest BCUT2D eigenvalue weighted by molar-refractivity contribution is 5.80. The summed E-state index contributed by atoms with van der Waals surface area (Å²) in [5, 5.41) is 21.7. The molecule has 1 aromatic carbocycles. The molecule has 1 aliphatic rings. The minimum atomic E-state index is -0.605. The average molecular weight is 307 g/mol. The first-order chi connectivity index (χ1) is 11.2. The molecule has 0 spiro atoms. The van der Waals surface area contributed by atoms with Gasteiger partial charge in [-0.1, -0.05) is 24.3 Å². The summed E-state index contributed by atoms with van der Waals surface area (Å²) in [6, 6.07) is 11.0. The molecule has 0 bridgehead atoms. The van der Waals surface area contributed by atoms with Gasteiger partial charge < -0.3 is 15.5 Å². The maximum absolute atomic E-state index is 11.9. The Hall–Kier alpha value is -3.13. The molecule has 1 unspecified atom stereocenters. The molecule has 23 heavy (non-hydrogen) atoms. The van der Waals surface area contributed by atoms with E-state index in [-0.39, 0.29) is 28.6 Å². The number of nitrogens with one attached hydrogen (secondary N) is 2. The molecule has 4 N–H and O–H groups in total. The number of pyridine rings is 1. The molecule has 1 aromatic heterocycles. The highest BCUT2D eigenvalue weighted by Crippen LogP contribution is 2.29. The summed E-state index contributed by atoms with van der Waals surface area (Å²) in [7, 11) is 0. The van der Waals surface area contributed by atoms with Gasteiger partial charge in [-0.2, -0.15) is 10.5 Å². The number of nitrogens with two attached hydrogens (primary N) is 1. The quantitative estimate of drug-likeness (QED) is 0.759. The number of H-pyrrole nitrogens is 1. The molecule has 2 aromatic rings. The first kappa shape index (κ1) is 14.8. The van der Waals surface area contributed by atoms with Crippen LogP contribution in [0.4, 0.5) is 5.82 Å². The van der Waals surface area contributed by atoms with Crippen molar-refractivity contribution in [2.24, 2.45) is 0 Å². The Kier molecular flexibility index (Phi) is 3.82. The summed E-state index contributed by atoms with van der Waals surface area (Å²) >= 11 is 0. The zero-order valence-corrected chi connectivity index (χ0v) is 12.1. The molecular formula is C16H13N5O2. The summed E-state index contributed by atoms with van der Waals surface area (Å²) in [5.41, 5.74) is 6.90. The van der Waals surface area contributed by atoms with Gasteiger partial charge in [-0.05, 0) is 11.1 Å². The molecule has 1 saturated heterocycles. The summed E-state index contributed by atoms with van der Waals surface area (Å²) in [6.45, 7) is 1.23. The number of aromatic amines is 1. The van der Waals surface area contributed by atoms with Crippen LogP contribution in [0.3, 0.4) is 0 Å². The highest BCUT2D eigenvalue weighted by atomic mass is 16.5. The lowest BCUT2D eigenvalue weighted by Crippen LogP contribution is -2.16. The Morgan fingerprint density at radius 3 is 2.43 bits per heavy atom. The van der Waals surface area contributed by atoms with Gasteiger partial charge in [0.1, 0.15) is 29.1 Å². The van der Waals surface area contributed by atoms with E-state index in [4.69, 9.17) is 10.5 Å². The van der Waals surface area contributed by atoms with E-state index >= 15 is 0 Å². The molecule has 0 aliphatic carbocycles. The fraction of sp³-hybridized carbons (Fsp3) is 0.188. The van der Waals surface area contributed by atoms with Crippen LogP contribution in [-0.2, 0) is 4.74 Å². The lowest BCUT2D eigenvalue weighted by atomic mass is 9.95. The molecule has 1 atom stereocenters. The zero-order valence-electron chi connectivity index (χ0n) is 12.1. The van der Waals surface area contributed by atoms with Gasteiger partial charge in [0, 0.05) is 12.1 Å². The number of hydrogen-bond acceptors (Lipinski definition) is 6. The molecule has 0 radical (unpaired) electrons. The molecule has 7 heteroatoms. The van der Waals surface area contributed by atoms with Gasteiger partial charge in [0.05, 0.1) is 12.8 Å². The monoisotopic (exact) mass is 307 g/mol. The SMILES string of the molecule is N#Cc1c(N)[nH]c(=O)c(C#N)c1-c1ccc(C2CNCO2)cc1. The van der Waals surface area contributed by atoms with Gasteiger partial charge in [-0.15, -0.1) is 0 Å². The largest absolute Gasteiger partial charge is 0.384 e. The maximum Gasteiger partial charge on any atom is 0.268 e. The van der Waals surface area contributed by atoms with Gasteiger partial charge in [0.2, 0.25) is 0 Å². The first-order valence-electron chi connectivity index (χ1n) is 6.94. The van der Waals surface area contributed by atoms with Crippen molar-refractivity contribution >= 4 is 5.82 Å². The second kappa shape index (κ2) is 5.93. The van der Waals surface area contributed by atoms with Crippen molar-refractivity contribution in [2.45, 2.75) is 6.10 Å². The van der Waals surface area contributed by atoms with E-state index in [0.717, 1.165) is 12.1 Å². The summed E-state index contributed by atoms with van der Waals surface area (Å²) < 4.78 is 5.52. The Morgan fingerprint density at radius 2 is 1.87 bits per heavy atom. The number of nitrogens with zero attached hydrogens (tertiary/aromatic N) is 2. The van der Waals surface area contributed by atoms with Crippen molar-refractivity contribution in [1.29, 1.82) is 10.5 Å². The van der Waals surface area contributed by atoms with Crippen LogP contribution in [0.15, 0.2) is 29.1 Å². The number of benzene rings is 1. The topological polar surface area (TPSA) is 128 Å². The van der Waals surface area contributed by atoms with E-state index in [0.29, 0.717) is 12.3 Å². The van der Waals surface area contributed by atoms with Crippen LogP contribution in [0.2, 0.25) is 0 Å². The molecular weight excluding hydrogens is 294 g/mol. The summed E-state index contributed by atoms with van der Waals surface area (Å²) in [6.07, 6.45) is -0.0285. The van der Waals surface area contributed by atoms with Crippen LogP contribution in [0.25, 0.3) is 11.1 Å². The van der Waals surface area contributed by atoms with Gasteiger partial charge in [0.25, 0.3) is 5.56 Å². The van der Waals surface area contributed by atoms with E-state index in [1.807, 2.05) is 24.3 Å². The fourth-order valence-corrected chi connectivity index (χ4v) is 2.62. The Balaban J connectivity index is 2.13. The van der Waals surface area contributed by atoms with E-state index in [1.54, 1.807) is 12.1 Å². The molecule has 0 saturated carbocycles. The van der Waals surface area contributed by atoms with Crippen LogP contribution in [0.1, 0.15) is 22.8 Å². The van der Waals surface area contributed by atoms with Crippen molar-refractivity contribution in [3.8, 4) is 23.3 Å². The maximum atomic E-state index is 11.9. The number of anilines is 1. The Morgan fingerprint density at radius 1 is 1.17 bits per heavy atom. The van der Waals surface area contributed by atoms with Crippen LogP contribution in [-0.4, -0.2) is 18.3 Å². The van der Waals surface area contributed by atoms with Crippen LogP contribution >= 0.6 is 0 Å². The van der Waals surface area contributed by atoms with E-state index in [2.05, 4.69) is 10.3 Å². The van der Waals surface area contributed by atoms with Crippen molar-refractivity contribution < 1.29 is 4.74 Å². The van der Waals surface area contributed by atoms with Crippen LogP contribution < -0.4 is 16.6 Å². The minimum absolute atomic E-state index is 0.0285. The highest BCUT2D eigenvalue weighted by Gasteiger charge is 2.20. The third-order valence-corrected chi connectivity index (χ3v) is 3.76. The second-order valence-corrected chi connectivity index (χ2v) is 5.09. The standard InChI is InChI=1S/C16H13N5O2/c17-5-11-14(12(6-18)16(22)21-15(11)19)10-3-1-9(2-4-10)13-7-20-8-23-13/h1-4,13,20H,7-8H2,(H3,19,21,22). The molecule has 3 rings (SSSR count). The number of nitriles is 2. The van der Waals surface area contributed by atoms with E-state index in [1.165, 1.54) is 0 Å². The Bertz CT molecular complexity index is 881. The third kappa shape index (κ3) is 2.55. The van der Waals surface area contributed by atoms with Crippen molar-refractivity contribution in [3.05, 3.63) is 51.3 Å². The molecule has 1 aliphatic heterocycles. The lowest BCUT2D eigenvalue weighted by Gasteiger charge is -2.12. The van der Waals surface area contributed by atoms with Crippen LogP contribution in [0.5, 0.6) is 0 Å². The van der Waals surface area contributed by atoms with Crippen LogP contribution in [0, 0.1) is 22.7 Å². The zero-order chi connectivity index (χ0) is 16.4. The van der Waals surface area contributed by atoms with Gasteiger partial charge >= 0.3 is 0 Å². The molecule has 2 heterocycles.